The average molecular weight is 340 g/mol. The van der Waals surface area contributed by atoms with Crippen LogP contribution in [0.15, 0.2) is 25.8 Å². The number of hydrogen-bond acceptors (Lipinski definition) is 9. The Morgan fingerprint density at radius 1 is 1.12 bits per heavy atom. The molecule has 1 aliphatic rings. The van der Waals surface area contributed by atoms with E-state index in [1.807, 2.05) is 5.32 Å². The Kier molecular flexibility index (Phi) is 5.14. The first-order valence-corrected chi connectivity index (χ1v) is 6.57. The zero-order valence-electron chi connectivity index (χ0n) is 12.3. The van der Waals surface area contributed by atoms with Gasteiger partial charge in [0.15, 0.2) is 18.1 Å². The number of carbonyl (C=O) groups is 4. The molecule has 1 saturated heterocycles. The zero-order valence-corrected chi connectivity index (χ0v) is 12.3. The lowest BCUT2D eigenvalue weighted by Gasteiger charge is -2.06. The molecule has 2 rings (SSSR count). The van der Waals surface area contributed by atoms with Crippen LogP contribution in [0.5, 0.6) is 0 Å². The van der Waals surface area contributed by atoms with Gasteiger partial charge in [-0.25, -0.2) is 19.2 Å². The van der Waals surface area contributed by atoms with Crippen LogP contribution < -0.4 is 16.5 Å². The number of amides is 3. The number of esters is 2. The first-order chi connectivity index (χ1) is 11.3. The Labute approximate surface area is 133 Å². The van der Waals surface area contributed by atoms with Crippen molar-refractivity contribution in [3.8, 4) is 0 Å². The monoisotopic (exact) mass is 340 g/mol. The van der Waals surface area contributed by atoms with Gasteiger partial charge in [-0.2, -0.15) is 0 Å². The summed E-state index contributed by atoms with van der Waals surface area (Å²) in [6.07, 6.45) is 1.58. The van der Waals surface area contributed by atoms with Gasteiger partial charge in [0.1, 0.15) is 12.6 Å². The van der Waals surface area contributed by atoms with Crippen LogP contribution in [0, 0.1) is 6.92 Å². The quantitative estimate of drug-likeness (QED) is 0.372. The summed E-state index contributed by atoms with van der Waals surface area (Å²) < 4.78 is 18.6. The number of hydrogen-bond donors (Lipinski definition) is 2. The summed E-state index contributed by atoms with van der Waals surface area (Å²) in [5, 5.41) is 4.20. The van der Waals surface area contributed by atoms with Gasteiger partial charge in [0, 0.05) is 12.2 Å². The summed E-state index contributed by atoms with van der Waals surface area (Å²) in [4.78, 5) is 55.6. The van der Waals surface area contributed by atoms with Gasteiger partial charge in [-0.1, -0.05) is 0 Å². The van der Waals surface area contributed by atoms with Gasteiger partial charge in [-0.3, -0.25) is 10.1 Å². The molecular formula is C13H12N2O9. The topological polar surface area (TPSA) is 154 Å². The van der Waals surface area contributed by atoms with E-state index in [0.29, 0.717) is 0 Å². The van der Waals surface area contributed by atoms with Crippen molar-refractivity contribution in [2.45, 2.75) is 19.6 Å². The number of rotatable bonds is 6. The van der Waals surface area contributed by atoms with E-state index in [1.54, 1.807) is 0 Å². The van der Waals surface area contributed by atoms with Crippen LogP contribution in [0.4, 0.5) is 4.79 Å². The van der Waals surface area contributed by atoms with Gasteiger partial charge in [0.2, 0.25) is 0 Å². The van der Waals surface area contributed by atoms with E-state index in [2.05, 4.69) is 14.2 Å². The van der Waals surface area contributed by atoms with E-state index in [9.17, 15) is 24.0 Å². The highest BCUT2D eigenvalue weighted by molar-refractivity contribution is 6.04. The van der Waals surface area contributed by atoms with Crippen LogP contribution in [0.3, 0.4) is 0 Å². The molecule has 24 heavy (non-hydrogen) atoms. The summed E-state index contributed by atoms with van der Waals surface area (Å²) in [6.45, 7) is 0.735. The molecule has 0 radical (unpaired) electrons. The van der Waals surface area contributed by atoms with Crippen LogP contribution in [-0.4, -0.2) is 36.5 Å². The maximum absolute atomic E-state index is 11.4. The molecule has 128 valence electrons. The van der Waals surface area contributed by atoms with Gasteiger partial charge >= 0.3 is 23.8 Å². The van der Waals surface area contributed by atoms with E-state index in [-0.39, 0.29) is 24.7 Å². The first-order valence-electron chi connectivity index (χ1n) is 6.57. The summed E-state index contributed by atoms with van der Waals surface area (Å²) >= 11 is 0. The molecular weight excluding hydrogens is 328 g/mol. The standard InChI is InChI=1S/C13H12N2O9/c1-6-8(24-13(20)23-6)5-22-10(17)3-2-9(16)21-4-7-11(18)15-12(19)14-7/h2-3,7H,4-5H2,1H3,(H2,14,15,18,19)/b3-2+. The fourth-order valence-corrected chi connectivity index (χ4v) is 1.62. The van der Waals surface area contributed by atoms with Crippen molar-refractivity contribution in [1.29, 1.82) is 0 Å². The number of urea groups is 1. The van der Waals surface area contributed by atoms with Crippen LogP contribution in [0.25, 0.3) is 0 Å². The van der Waals surface area contributed by atoms with Crippen molar-refractivity contribution >= 4 is 23.9 Å². The third-order valence-corrected chi connectivity index (χ3v) is 2.79. The van der Waals surface area contributed by atoms with Gasteiger partial charge in [-0.05, 0) is 6.92 Å². The molecule has 1 atom stereocenters. The summed E-state index contributed by atoms with van der Waals surface area (Å²) in [5.41, 5.74) is 0. The van der Waals surface area contributed by atoms with Gasteiger partial charge < -0.3 is 23.6 Å². The Hall–Kier alpha value is -3.37. The smallest absolute Gasteiger partial charge is 0.460 e. The lowest BCUT2D eigenvalue weighted by atomic mass is 10.3. The number of imide groups is 1. The molecule has 11 heteroatoms. The molecule has 1 fully saturated rings. The van der Waals surface area contributed by atoms with Crippen molar-refractivity contribution < 1.29 is 37.5 Å². The van der Waals surface area contributed by atoms with E-state index >= 15 is 0 Å². The van der Waals surface area contributed by atoms with E-state index < -0.39 is 35.7 Å². The molecule has 11 nitrogen and oxygen atoms in total. The largest absolute Gasteiger partial charge is 0.519 e. The number of aryl methyl sites for hydroxylation is 1. The summed E-state index contributed by atoms with van der Waals surface area (Å²) in [6, 6.07) is -1.66. The Balaban J connectivity index is 1.73. The summed E-state index contributed by atoms with van der Waals surface area (Å²) in [7, 11) is 0. The average Bonchev–Trinajstić information content (AvgIpc) is 3.01. The second-order valence-electron chi connectivity index (χ2n) is 4.52. The number of carbonyl (C=O) groups excluding carboxylic acids is 4. The van der Waals surface area contributed by atoms with Crippen molar-refractivity contribution in [3.63, 3.8) is 0 Å². The predicted octanol–water partition coefficient (Wildman–Crippen LogP) is -1.11. The van der Waals surface area contributed by atoms with Crippen molar-refractivity contribution in [2.75, 3.05) is 6.61 Å². The minimum Gasteiger partial charge on any atom is -0.460 e. The van der Waals surface area contributed by atoms with E-state index in [0.717, 1.165) is 12.2 Å². The van der Waals surface area contributed by atoms with Gasteiger partial charge in [-0.15, -0.1) is 0 Å². The molecule has 0 bridgehead atoms. The van der Waals surface area contributed by atoms with Crippen LogP contribution in [-0.2, 0) is 30.5 Å². The fourth-order valence-electron chi connectivity index (χ4n) is 1.62. The highest BCUT2D eigenvalue weighted by Gasteiger charge is 2.30. The summed E-state index contributed by atoms with van der Waals surface area (Å²) in [5.74, 6) is -3.11. The Bertz CT molecular complexity index is 758. The normalized spacial score (nSPS) is 16.8. The molecule has 1 aromatic heterocycles. The first kappa shape index (κ1) is 17.0. The molecule has 1 aromatic rings. The minimum atomic E-state index is -0.978. The van der Waals surface area contributed by atoms with Gasteiger partial charge in [0.25, 0.3) is 5.91 Å². The van der Waals surface area contributed by atoms with E-state index in [1.165, 1.54) is 6.92 Å². The third-order valence-electron chi connectivity index (χ3n) is 2.79. The SMILES string of the molecule is Cc1oc(=O)oc1COC(=O)/C=C/C(=O)OCC1NC(=O)NC1=O. The van der Waals surface area contributed by atoms with Crippen molar-refractivity contribution in [2.24, 2.45) is 0 Å². The maximum Gasteiger partial charge on any atom is 0.519 e. The molecule has 0 spiro atoms. The molecule has 1 aliphatic heterocycles. The highest BCUT2D eigenvalue weighted by atomic mass is 16.6. The fraction of sp³-hybridized carbons (Fsp3) is 0.308. The molecule has 0 aliphatic carbocycles. The molecule has 0 aromatic carbocycles. The Morgan fingerprint density at radius 2 is 1.79 bits per heavy atom. The number of ether oxygens (including phenoxy) is 2. The van der Waals surface area contributed by atoms with Crippen LogP contribution >= 0.6 is 0 Å². The van der Waals surface area contributed by atoms with E-state index in [4.69, 9.17) is 9.47 Å². The second-order valence-corrected chi connectivity index (χ2v) is 4.52. The second kappa shape index (κ2) is 7.26. The van der Waals surface area contributed by atoms with Crippen LogP contribution in [0.1, 0.15) is 11.5 Å². The van der Waals surface area contributed by atoms with Crippen molar-refractivity contribution in [3.05, 3.63) is 34.3 Å². The van der Waals surface area contributed by atoms with Gasteiger partial charge in [0.05, 0.1) is 0 Å². The van der Waals surface area contributed by atoms with Crippen molar-refractivity contribution in [1.82, 2.24) is 10.6 Å². The third kappa shape index (κ3) is 4.56. The Morgan fingerprint density at radius 3 is 2.33 bits per heavy atom. The number of nitrogens with one attached hydrogen (secondary N) is 2. The maximum atomic E-state index is 11.4. The molecule has 2 heterocycles. The predicted molar refractivity (Wildman–Crippen MR) is 72.3 cm³/mol. The lowest BCUT2D eigenvalue weighted by Crippen LogP contribution is -2.34. The minimum absolute atomic E-state index is 0.0484. The molecule has 1 unspecified atom stereocenters. The molecule has 0 saturated carbocycles. The van der Waals surface area contributed by atoms with Crippen LogP contribution in [0.2, 0.25) is 0 Å². The highest BCUT2D eigenvalue weighted by Crippen LogP contribution is 2.06. The zero-order chi connectivity index (χ0) is 17.7. The molecule has 3 amide bonds. The lowest BCUT2D eigenvalue weighted by molar-refractivity contribution is -0.142. The molecule has 2 N–H and O–H groups in total.